The summed E-state index contributed by atoms with van der Waals surface area (Å²) in [6, 6.07) is 0. The molecule has 2 rings (SSSR count). The summed E-state index contributed by atoms with van der Waals surface area (Å²) >= 11 is 0. The molecule has 0 aliphatic carbocycles. The van der Waals surface area contributed by atoms with Gasteiger partial charge in [-0.05, 0) is 37.8 Å². The van der Waals surface area contributed by atoms with Crippen LogP contribution in [0.15, 0.2) is 0 Å². The fourth-order valence-electron chi connectivity index (χ4n) is 4.14. The second kappa shape index (κ2) is 12.7. The molecule has 6 nitrogen and oxygen atoms in total. The molecule has 0 aromatic heterocycles. The number of carbonyl (C=O) groups excluding carboxylic acids is 2. The highest BCUT2D eigenvalue weighted by Crippen LogP contribution is 2.19. The Morgan fingerprint density at radius 2 is 1.57 bits per heavy atom. The first-order valence-corrected chi connectivity index (χ1v) is 11.2. The minimum Gasteiger partial charge on any atom is -0.372 e. The average Bonchev–Trinajstić information content (AvgIpc) is 2.67. The first-order valence-electron chi connectivity index (χ1n) is 11.2. The van der Waals surface area contributed by atoms with Crippen LogP contribution in [0.2, 0.25) is 0 Å². The van der Waals surface area contributed by atoms with Crippen LogP contribution >= 0.6 is 0 Å². The number of carbonyl (C=O) groups is 2. The first kappa shape index (κ1) is 23.5. The third-order valence-electron chi connectivity index (χ3n) is 5.93. The Hall–Kier alpha value is -0.820. The van der Waals surface area contributed by atoms with Gasteiger partial charge >= 0.3 is 0 Å². The van der Waals surface area contributed by atoms with E-state index in [1.165, 1.54) is 19.4 Å². The molecule has 0 unspecified atom stereocenters. The van der Waals surface area contributed by atoms with Crippen molar-refractivity contribution in [3.05, 3.63) is 0 Å². The molecule has 0 spiro atoms. The number of rotatable bonds is 12. The van der Waals surface area contributed by atoms with E-state index in [-0.39, 0.29) is 12.4 Å². The summed E-state index contributed by atoms with van der Waals surface area (Å²) in [7, 11) is 0. The quantitative estimate of drug-likeness (QED) is 0.471. The predicted octanol–water partition coefficient (Wildman–Crippen LogP) is 1.93. The van der Waals surface area contributed by atoms with Crippen LogP contribution < -0.4 is 0 Å². The summed E-state index contributed by atoms with van der Waals surface area (Å²) in [6.45, 7) is 16.3. The van der Waals surface area contributed by atoms with Crippen molar-refractivity contribution in [2.24, 2.45) is 11.8 Å². The van der Waals surface area contributed by atoms with Crippen LogP contribution in [0.25, 0.3) is 0 Å². The normalized spacial score (nSPS) is 20.7. The maximum Gasteiger partial charge on any atom is 0.158 e. The van der Waals surface area contributed by atoms with Gasteiger partial charge < -0.3 is 14.5 Å². The highest BCUT2D eigenvalue weighted by molar-refractivity contribution is 5.80. The van der Waals surface area contributed by atoms with Crippen molar-refractivity contribution in [2.75, 3.05) is 72.1 Å². The van der Waals surface area contributed by atoms with Crippen molar-refractivity contribution in [1.29, 1.82) is 0 Å². The molecule has 0 radical (unpaired) electrons. The topological polar surface area (TPSA) is 53.1 Å². The van der Waals surface area contributed by atoms with Crippen LogP contribution in [0.3, 0.4) is 0 Å². The number of hydrogen-bond donors (Lipinski definition) is 0. The fourth-order valence-corrected chi connectivity index (χ4v) is 4.14. The third-order valence-corrected chi connectivity index (χ3v) is 5.93. The molecule has 2 saturated heterocycles. The monoisotopic (exact) mass is 395 g/mol. The van der Waals surface area contributed by atoms with E-state index in [1.807, 2.05) is 6.92 Å². The molecule has 28 heavy (non-hydrogen) atoms. The van der Waals surface area contributed by atoms with Crippen LogP contribution in [0.4, 0.5) is 0 Å². The van der Waals surface area contributed by atoms with Crippen LogP contribution in [0, 0.1) is 11.8 Å². The highest BCUT2D eigenvalue weighted by atomic mass is 16.5. The largest absolute Gasteiger partial charge is 0.372 e. The van der Waals surface area contributed by atoms with Crippen LogP contribution in [0.5, 0.6) is 0 Å². The van der Waals surface area contributed by atoms with Crippen molar-refractivity contribution in [3.63, 3.8) is 0 Å². The molecule has 0 aromatic carbocycles. The number of ether oxygens (including phenoxy) is 1. The van der Waals surface area contributed by atoms with Crippen LogP contribution in [0.1, 0.15) is 46.5 Å². The maximum absolute atomic E-state index is 12.0. The third kappa shape index (κ3) is 9.12. The van der Waals surface area contributed by atoms with E-state index in [9.17, 15) is 9.59 Å². The Kier molecular flexibility index (Phi) is 10.6. The summed E-state index contributed by atoms with van der Waals surface area (Å²) in [4.78, 5) is 30.6. The molecule has 0 saturated carbocycles. The lowest BCUT2D eigenvalue weighted by molar-refractivity contribution is -0.123. The zero-order chi connectivity index (χ0) is 20.4. The summed E-state index contributed by atoms with van der Waals surface area (Å²) in [5, 5.41) is 0. The van der Waals surface area contributed by atoms with Gasteiger partial charge in [0.15, 0.2) is 5.78 Å². The van der Waals surface area contributed by atoms with Gasteiger partial charge in [0.25, 0.3) is 0 Å². The van der Waals surface area contributed by atoms with Crippen molar-refractivity contribution in [3.8, 4) is 0 Å². The zero-order valence-electron chi connectivity index (χ0n) is 18.3. The Morgan fingerprint density at radius 1 is 0.929 bits per heavy atom. The number of piperazine rings is 1. The van der Waals surface area contributed by atoms with Crippen LogP contribution in [-0.4, -0.2) is 98.4 Å². The van der Waals surface area contributed by atoms with Gasteiger partial charge in [-0.2, -0.15) is 0 Å². The van der Waals surface area contributed by atoms with Gasteiger partial charge in [0, 0.05) is 52.1 Å². The molecule has 6 heteroatoms. The maximum atomic E-state index is 12.0. The molecular formula is C22H41N3O3. The van der Waals surface area contributed by atoms with E-state index >= 15 is 0 Å². The highest BCUT2D eigenvalue weighted by Gasteiger charge is 2.24. The van der Waals surface area contributed by atoms with E-state index < -0.39 is 0 Å². The fraction of sp³-hybridized carbons (Fsp3) is 0.909. The lowest BCUT2D eigenvalue weighted by Gasteiger charge is -2.38. The van der Waals surface area contributed by atoms with Gasteiger partial charge in [0.2, 0.25) is 0 Å². The number of piperidine rings is 1. The molecular weight excluding hydrogens is 354 g/mol. The second-order valence-electron chi connectivity index (χ2n) is 8.94. The molecule has 0 atom stereocenters. The van der Waals surface area contributed by atoms with Crippen LogP contribution in [-0.2, 0) is 14.3 Å². The number of nitrogens with zero attached hydrogens (tertiary/aromatic N) is 3. The van der Waals surface area contributed by atoms with Gasteiger partial charge in [-0.15, -0.1) is 0 Å². The number of hydrogen-bond acceptors (Lipinski definition) is 6. The molecule has 0 aromatic rings. The smallest absolute Gasteiger partial charge is 0.158 e. The molecule has 0 amide bonds. The lowest BCUT2D eigenvalue weighted by Crippen LogP contribution is -2.50. The average molecular weight is 396 g/mol. The van der Waals surface area contributed by atoms with Crippen molar-refractivity contribution in [1.82, 2.24) is 14.7 Å². The Morgan fingerprint density at radius 3 is 2.18 bits per heavy atom. The van der Waals surface area contributed by atoms with E-state index in [4.69, 9.17) is 4.74 Å². The molecule has 2 aliphatic heterocycles. The molecule has 2 heterocycles. The molecule has 162 valence electrons. The summed E-state index contributed by atoms with van der Waals surface area (Å²) < 4.78 is 5.47. The standard InChI is InChI=1S/C22H41N3O3/c1-4-21(26)18-28-14-13-23-7-5-20(6-8-23)16-24-9-11-25(12-10-24)17-22(27)15-19(2)3/h19-20H,4-18H2,1-3H3. The molecule has 0 N–H and O–H groups in total. The second-order valence-corrected chi connectivity index (χ2v) is 8.94. The zero-order valence-corrected chi connectivity index (χ0v) is 18.3. The number of likely N-dealkylation sites (tertiary alicyclic amines) is 1. The van der Waals surface area contributed by atoms with E-state index in [0.29, 0.717) is 37.7 Å². The van der Waals surface area contributed by atoms with Gasteiger partial charge in [0.1, 0.15) is 12.4 Å². The SMILES string of the molecule is CCC(=O)COCCN1CCC(CN2CCN(CC(=O)CC(C)C)CC2)CC1. The summed E-state index contributed by atoms with van der Waals surface area (Å²) in [5.41, 5.74) is 0. The van der Waals surface area contributed by atoms with Crippen molar-refractivity contribution < 1.29 is 14.3 Å². The van der Waals surface area contributed by atoms with E-state index in [0.717, 1.165) is 51.7 Å². The Labute approximate surface area is 171 Å². The predicted molar refractivity (Wildman–Crippen MR) is 113 cm³/mol. The number of ketones is 2. The van der Waals surface area contributed by atoms with E-state index in [2.05, 4.69) is 28.5 Å². The van der Waals surface area contributed by atoms with Gasteiger partial charge in [-0.1, -0.05) is 20.8 Å². The first-order chi connectivity index (χ1) is 13.5. The van der Waals surface area contributed by atoms with Gasteiger partial charge in [-0.3, -0.25) is 14.5 Å². The Bertz CT molecular complexity index is 468. The molecule has 2 fully saturated rings. The van der Waals surface area contributed by atoms with E-state index in [1.54, 1.807) is 0 Å². The number of Topliss-reactive ketones (excluding diaryl/α,β-unsaturated/α-hetero) is 2. The molecule has 2 aliphatic rings. The van der Waals surface area contributed by atoms with Gasteiger partial charge in [0.05, 0.1) is 13.2 Å². The van der Waals surface area contributed by atoms with Gasteiger partial charge in [-0.25, -0.2) is 0 Å². The summed E-state index contributed by atoms with van der Waals surface area (Å²) in [6.07, 6.45) is 3.77. The van der Waals surface area contributed by atoms with Crippen molar-refractivity contribution in [2.45, 2.75) is 46.5 Å². The Balaban J connectivity index is 1.54. The minimum absolute atomic E-state index is 0.183. The minimum atomic E-state index is 0.183. The summed E-state index contributed by atoms with van der Waals surface area (Å²) in [5.74, 6) is 1.82. The lowest BCUT2D eigenvalue weighted by atomic mass is 9.96. The molecule has 0 bridgehead atoms. The van der Waals surface area contributed by atoms with Crippen molar-refractivity contribution >= 4 is 11.6 Å².